The Balaban J connectivity index is 0.00000192. The average Bonchev–Trinajstić information content (AvgIpc) is 2.90. The van der Waals surface area contributed by atoms with Gasteiger partial charge in [0.05, 0.1) is 5.56 Å². The maximum atomic E-state index is 11.0. The molecule has 2 aromatic rings. The van der Waals surface area contributed by atoms with E-state index >= 15 is 0 Å². The Hall–Kier alpha value is -1.64. The Morgan fingerprint density at radius 1 is 1.35 bits per heavy atom. The first kappa shape index (κ1) is 17.7. The highest BCUT2D eigenvalue weighted by molar-refractivity contribution is 7.99. The van der Waals surface area contributed by atoms with Gasteiger partial charge in [-0.3, -0.25) is 4.79 Å². The van der Waals surface area contributed by atoms with E-state index in [1.165, 1.54) is 18.0 Å². The number of hydrogen-bond donors (Lipinski definition) is 2. The molecule has 9 heteroatoms. The molecule has 0 bridgehead atoms. The molecule has 0 saturated carbocycles. The molecule has 3 N–H and O–H groups in total. The fraction of sp³-hybridized carbons (Fsp3) is 0.429. The molecule has 1 saturated heterocycles. The standard InChI is InChI=1S/C14H18N6OS.ClH/c1-20-13(9-4-6-16-7-5-9)18-19-14(20)22-11-3-2-10(8-17-11)12(15)21;/h2-3,8-9,16H,4-7H2,1H3,(H2,15,21);1H. The van der Waals surface area contributed by atoms with Crippen LogP contribution in [0.4, 0.5) is 0 Å². The third-order valence-corrected chi connectivity index (χ3v) is 4.78. The van der Waals surface area contributed by atoms with Crippen molar-refractivity contribution in [3.63, 3.8) is 0 Å². The zero-order valence-electron chi connectivity index (χ0n) is 12.7. The third-order valence-electron chi connectivity index (χ3n) is 3.79. The van der Waals surface area contributed by atoms with Crippen molar-refractivity contribution in [2.24, 2.45) is 12.8 Å². The van der Waals surface area contributed by atoms with Crippen molar-refractivity contribution < 1.29 is 4.79 Å². The number of nitrogens with two attached hydrogens (primary N) is 1. The maximum Gasteiger partial charge on any atom is 0.250 e. The zero-order chi connectivity index (χ0) is 15.5. The van der Waals surface area contributed by atoms with Crippen molar-refractivity contribution in [2.45, 2.75) is 28.9 Å². The predicted molar refractivity (Wildman–Crippen MR) is 90.0 cm³/mol. The molecular formula is C14H19ClN6OS. The van der Waals surface area contributed by atoms with Crippen LogP contribution in [-0.2, 0) is 7.05 Å². The Labute approximate surface area is 144 Å². The zero-order valence-corrected chi connectivity index (χ0v) is 14.4. The first-order chi connectivity index (χ1) is 10.6. The average molecular weight is 355 g/mol. The minimum Gasteiger partial charge on any atom is -0.366 e. The molecule has 0 aromatic carbocycles. The highest BCUT2D eigenvalue weighted by Gasteiger charge is 2.22. The van der Waals surface area contributed by atoms with Gasteiger partial charge in [0.2, 0.25) is 5.91 Å². The van der Waals surface area contributed by atoms with Gasteiger partial charge in [0.1, 0.15) is 10.9 Å². The van der Waals surface area contributed by atoms with Crippen LogP contribution in [0.5, 0.6) is 0 Å². The highest BCUT2D eigenvalue weighted by atomic mass is 35.5. The molecular weight excluding hydrogens is 336 g/mol. The number of nitrogens with zero attached hydrogens (tertiary/aromatic N) is 4. The van der Waals surface area contributed by atoms with Crippen molar-refractivity contribution >= 4 is 30.1 Å². The Morgan fingerprint density at radius 3 is 2.70 bits per heavy atom. The van der Waals surface area contributed by atoms with Crippen LogP contribution in [0.25, 0.3) is 0 Å². The van der Waals surface area contributed by atoms with Crippen molar-refractivity contribution in [3.05, 3.63) is 29.7 Å². The summed E-state index contributed by atoms with van der Waals surface area (Å²) in [5, 5.41) is 13.5. The van der Waals surface area contributed by atoms with Crippen LogP contribution < -0.4 is 11.1 Å². The molecule has 3 heterocycles. The molecule has 1 aliphatic rings. The summed E-state index contributed by atoms with van der Waals surface area (Å²) in [5.41, 5.74) is 5.61. The lowest BCUT2D eigenvalue weighted by molar-refractivity contribution is 0.1000. The number of rotatable bonds is 4. The minimum atomic E-state index is -0.476. The second-order valence-corrected chi connectivity index (χ2v) is 6.26. The van der Waals surface area contributed by atoms with Crippen LogP contribution in [0.1, 0.15) is 34.9 Å². The van der Waals surface area contributed by atoms with Crippen molar-refractivity contribution in [1.82, 2.24) is 25.1 Å². The van der Waals surface area contributed by atoms with E-state index in [1.807, 2.05) is 11.6 Å². The van der Waals surface area contributed by atoms with E-state index in [2.05, 4.69) is 20.5 Å². The van der Waals surface area contributed by atoms with Crippen LogP contribution in [-0.4, -0.2) is 38.7 Å². The van der Waals surface area contributed by atoms with Crippen LogP contribution >= 0.6 is 24.2 Å². The van der Waals surface area contributed by atoms with E-state index in [0.29, 0.717) is 11.5 Å². The van der Waals surface area contributed by atoms with Gasteiger partial charge >= 0.3 is 0 Å². The van der Waals surface area contributed by atoms with Gasteiger partial charge < -0.3 is 15.6 Å². The second kappa shape index (κ2) is 7.76. The summed E-state index contributed by atoms with van der Waals surface area (Å²) in [4.78, 5) is 15.3. The summed E-state index contributed by atoms with van der Waals surface area (Å²) in [6.07, 6.45) is 3.65. The van der Waals surface area contributed by atoms with Gasteiger partial charge in [0.15, 0.2) is 5.16 Å². The van der Waals surface area contributed by atoms with E-state index in [9.17, 15) is 4.79 Å². The second-order valence-electron chi connectivity index (χ2n) is 5.28. The van der Waals surface area contributed by atoms with E-state index in [4.69, 9.17) is 5.73 Å². The molecule has 1 amide bonds. The number of amides is 1. The smallest absolute Gasteiger partial charge is 0.250 e. The number of halogens is 1. The van der Waals surface area contributed by atoms with Gasteiger partial charge in [-0.05, 0) is 49.8 Å². The summed E-state index contributed by atoms with van der Waals surface area (Å²) < 4.78 is 2.03. The number of pyridine rings is 1. The van der Waals surface area contributed by atoms with Gasteiger partial charge in [-0.1, -0.05) is 0 Å². The summed E-state index contributed by atoms with van der Waals surface area (Å²) in [6.45, 7) is 2.05. The topological polar surface area (TPSA) is 98.7 Å². The molecule has 0 unspecified atom stereocenters. The summed E-state index contributed by atoms with van der Waals surface area (Å²) in [7, 11) is 1.98. The van der Waals surface area contributed by atoms with Crippen LogP contribution in [0, 0.1) is 0 Å². The Morgan fingerprint density at radius 2 is 2.09 bits per heavy atom. The van der Waals surface area contributed by atoms with Gasteiger partial charge in [-0.15, -0.1) is 22.6 Å². The molecule has 0 radical (unpaired) electrons. The number of nitrogens with one attached hydrogen (secondary N) is 1. The SMILES string of the molecule is Cl.Cn1c(Sc2ccc(C(N)=O)cn2)nnc1C1CCNCC1. The maximum absolute atomic E-state index is 11.0. The van der Waals surface area contributed by atoms with Crippen molar-refractivity contribution in [2.75, 3.05) is 13.1 Å². The van der Waals surface area contributed by atoms with E-state index in [-0.39, 0.29) is 12.4 Å². The first-order valence-electron chi connectivity index (χ1n) is 7.19. The molecule has 0 spiro atoms. The third kappa shape index (κ3) is 4.01. The first-order valence-corrected chi connectivity index (χ1v) is 8.00. The molecule has 1 fully saturated rings. The summed E-state index contributed by atoms with van der Waals surface area (Å²) >= 11 is 1.43. The monoisotopic (exact) mass is 354 g/mol. The van der Waals surface area contributed by atoms with Gasteiger partial charge in [0.25, 0.3) is 0 Å². The number of primary amides is 1. The Bertz CT molecular complexity index is 668. The van der Waals surface area contributed by atoms with Crippen molar-refractivity contribution in [1.29, 1.82) is 0 Å². The predicted octanol–water partition coefficient (Wildman–Crippen LogP) is 1.35. The fourth-order valence-electron chi connectivity index (χ4n) is 2.53. The number of carbonyl (C=O) groups excluding carboxylic acids is 1. The lowest BCUT2D eigenvalue weighted by Gasteiger charge is -2.21. The minimum absolute atomic E-state index is 0. The van der Waals surface area contributed by atoms with E-state index in [1.54, 1.807) is 12.1 Å². The molecule has 0 atom stereocenters. The molecule has 23 heavy (non-hydrogen) atoms. The molecule has 2 aromatic heterocycles. The highest BCUT2D eigenvalue weighted by Crippen LogP contribution is 2.29. The number of hydrogen-bond acceptors (Lipinski definition) is 6. The van der Waals surface area contributed by atoms with Gasteiger partial charge in [0, 0.05) is 19.2 Å². The summed E-state index contributed by atoms with van der Waals surface area (Å²) in [5.74, 6) is 1.01. The van der Waals surface area contributed by atoms with Gasteiger partial charge in [-0.2, -0.15) is 0 Å². The number of carbonyl (C=O) groups is 1. The quantitative estimate of drug-likeness (QED) is 0.859. The van der Waals surface area contributed by atoms with Crippen LogP contribution in [0.3, 0.4) is 0 Å². The molecule has 124 valence electrons. The van der Waals surface area contributed by atoms with E-state index in [0.717, 1.165) is 41.9 Å². The molecule has 1 aliphatic heterocycles. The van der Waals surface area contributed by atoms with Crippen LogP contribution in [0.15, 0.2) is 28.5 Å². The van der Waals surface area contributed by atoms with E-state index < -0.39 is 5.91 Å². The molecule has 0 aliphatic carbocycles. The Kier molecular flexibility index (Phi) is 5.97. The largest absolute Gasteiger partial charge is 0.366 e. The summed E-state index contributed by atoms with van der Waals surface area (Å²) in [6, 6.07) is 3.44. The van der Waals surface area contributed by atoms with Gasteiger partial charge in [-0.25, -0.2) is 4.98 Å². The molecule has 3 rings (SSSR count). The lowest BCUT2D eigenvalue weighted by Crippen LogP contribution is -2.27. The number of piperidine rings is 1. The molecule has 7 nitrogen and oxygen atoms in total. The van der Waals surface area contributed by atoms with Crippen molar-refractivity contribution in [3.8, 4) is 0 Å². The number of aromatic nitrogens is 4. The fourth-order valence-corrected chi connectivity index (χ4v) is 3.27. The normalized spacial score (nSPS) is 15.2. The van der Waals surface area contributed by atoms with Crippen LogP contribution in [0.2, 0.25) is 0 Å². The lowest BCUT2D eigenvalue weighted by atomic mass is 9.97.